The van der Waals surface area contributed by atoms with Crippen LogP contribution in [0.4, 0.5) is 5.69 Å². The van der Waals surface area contributed by atoms with E-state index in [0.29, 0.717) is 22.5 Å². The summed E-state index contributed by atoms with van der Waals surface area (Å²) in [4.78, 5) is 10.7. The van der Waals surface area contributed by atoms with Gasteiger partial charge in [0.25, 0.3) is 5.69 Å². The molecule has 0 aliphatic rings. The number of benzene rings is 2. The predicted molar refractivity (Wildman–Crippen MR) is 82.5 cm³/mol. The Morgan fingerprint density at radius 1 is 1.14 bits per heavy atom. The lowest BCUT2D eigenvalue weighted by Gasteiger charge is -2.01. The fourth-order valence-corrected chi connectivity index (χ4v) is 2.32. The van der Waals surface area contributed by atoms with E-state index in [1.165, 1.54) is 6.07 Å². The predicted octanol–water partition coefficient (Wildman–Crippen LogP) is 3.67. The Hall–Kier alpha value is -3.15. The van der Waals surface area contributed by atoms with E-state index in [2.05, 4.69) is 10.2 Å². The SMILES string of the molecule is Cc1ccc(-c2cc(-c3ccccc3[N+](=O)[O-])[nH]n2)c(O)c1. The molecule has 0 saturated carbocycles. The second-order valence-electron chi connectivity index (χ2n) is 4.96. The van der Waals surface area contributed by atoms with Crippen molar-refractivity contribution >= 4 is 5.69 Å². The number of hydrogen-bond donors (Lipinski definition) is 2. The average molecular weight is 295 g/mol. The Kier molecular flexibility index (Phi) is 3.34. The van der Waals surface area contributed by atoms with Crippen LogP contribution in [0.25, 0.3) is 22.5 Å². The van der Waals surface area contributed by atoms with E-state index in [9.17, 15) is 15.2 Å². The smallest absolute Gasteiger partial charge is 0.278 e. The third-order valence-corrected chi connectivity index (χ3v) is 3.40. The number of H-pyrrole nitrogens is 1. The summed E-state index contributed by atoms with van der Waals surface area (Å²) in [6.07, 6.45) is 0. The number of rotatable bonds is 3. The zero-order valence-electron chi connectivity index (χ0n) is 11.8. The van der Waals surface area contributed by atoms with Crippen molar-refractivity contribution < 1.29 is 10.0 Å². The molecule has 2 N–H and O–H groups in total. The number of aromatic nitrogens is 2. The number of hydrogen-bond acceptors (Lipinski definition) is 4. The number of aromatic hydroxyl groups is 1. The Balaban J connectivity index is 2.07. The molecular weight excluding hydrogens is 282 g/mol. The first-order chi connectivity index (χ1) is 10.6. The lowest BCUT2D eigenvalue weighted by molar-refractivity contribution is -0.384. The highest BCUT2D eigenvalue weighted by Crippen LogP contribution is 2.33. The average Bonchev–Trinajstić information content (AvgIpc) is 2.96. The first kappa shape index (κ1) is 13.8. The maximum Gasteiger partial charge on any atom is 0.278 e. The normalized spacial score (nSPS) is 10.6. The molecule has 0 bridgehead atoms. The van der Waals surface area contributed by atoms with Crippen molar-refractivity contribution in [1.29, 1.82) is 0 Å². The van der Waals surface area contributed by atoms with Crippen LogP contribution in [0.3, 0.4) is 0 Å². The largest absolute Gasteiger partial charge is 0.507 e. The van der Waals surface area contributed by atoms with Gasteiger partial charge in [-0.1, -0.05) is 18.2 Å². The van der Waals surface area contributed by atoms with Gasteiger partial charge in [0.2, 0.25) is 0 Å². The van der Waals surface area contributed by atoms with Gasteiger partial charge in [0, 0.05) is 11.6 Å². The molecule has 110 valence electrons. The van der Waals surface area contributed by atoms with Gasteiger partial charge >= 0.3 is 0 Å². The highest BCUT2D eigenvalue weighted by atomic mass is 16.6. The van der Waals surface area contributed by atoms with E-state index in [0.717, 1.165) is 5.56 Å². The summed E-state index contributed by atoms with van der Waals surface area (Å²) in [5.74, 6) is 0.126. The minimum absolute atomic E-state index is 0.00540. The Bertz CT molecular complexity index is 855. The molecule has 0 unspecified atom stereocenters. The maximum absolute atomic E-state index is 11.1. The topological polar surface area (TPSA) is 92.0 Å². The van der Waals surface area contributed by atoms with Crippen molar-refractivity contribution in [2.75, 3.05) is 0 Å². The molecule has 6 nitrogen and oxygen atoms in total. The Morgan fingerprint density at radius 2 is 1.91 bits per heavy atom. The molecule has 0 aliphatic heterocycles. The molecule has 22 heavy (non-hydrogen) atoms. The molecule has 1 heterocycles. The van der Waals surface area contributed by atoms with Gasteiger partial charge in [0.05, 0.1) is 21.9 Å². The van der Waals surface area contributed by atoms with Gasteiger partial charge in [-0.05, 0) is 36.8 Å². The van der Waals surface area contributed by atoms with Crippen molar-refractivity contribution in [3.8, 4) is 28.3 Å². The van der Waals surface area contributed by atoms with Crippen LogP contribution in [0.15, 0.2) is 48.5 Å². The zero-order valence-corrected chi connectivity index (χ0v) is 11.8. The summed E-state index contributed by atoms with van der Waals surface area (Å²) < 4.78 is 0. The summed E-state index contributed by atoms with van der Waals surface area (Å²) in [7, 11) is 0. The van der Waals surface area contributed by atoms with Crippen LogP contribution in [-0.2, 0) is 0 Å². The van der Waals surface area contributed by atoms with E-state index in [1.807, 2.05) is 13.0 Å². The first-order valence-corrected chi connectivity index (χ1v) is 6.65. The second-order valence-corrected chi connectivity index (χ2v) is 4.96. The number of nitrogens with one attached hydrogen (secondary N) is 1. The molecule has 0 spiro atoms. The van der Waals surface area contributed by atoms with Gasteiger partial charge in [0.15, 0.2) is 0 Å². The molecule has 6 heteroatoms. The van der Waals surface area contributed by atoms with Crippen LogP contribution in [0.5, 0.6) is 5.75 Å². The van der Waals surface area contributed by atoms with Crippen LogP contribution in [0, 0.1) is 17.0 Å². The van der Waals surface area contributed by atoms with Crippen molar-refractivity contribution in [3.05, 3.63) is 64.2 Å². The van der Waals surface area contributed by atoms with Gasteiger partial charge in [-0.25, -0.2) is 0 Å². The molecule has 0 aliphatic carbocycles. The summed E-state index contributed by atoms with van der Waals surface area (Å²) in [5, 5.41) is 28.0. The highest BCUT2D eigenvalue weighted by Gasteiger charge is 2.17. The standard InChI is InChI=1S/C16H13N3O3/c1-10-6-7-12(16(20)8-10)14-9-13(17-18-14)11-4-2-3-5-15(11)19(21)22/h2-9,20H,1H3,(H,17,18). The van der Waals surface area contributed by atoms with Crippen molar-refractivity contribution in [1.82, 2.24) is 10.2 Å². The molecule has 3 rings (SSSR count). The van der Waals surface area contributed by atoms with Crippen molar-refractivity contribution in [2.24, 2.45) is 0 Å². The first-order valence-electron chi connectivity index (χ1n) is 6.65. The number of nitro benzene ring substituents is 1. The zero-order chi connectivity index (χ0) is 15.7. The molecule has 0 atom stereocenters. The number of para-hydroxylation sites is 1. The van der Waals surface area contributed by atoms with E-state index in [1.54, 1.807) is 36.4 Å². The molecule has 2 aromatic carbocycles. The summed E-state index contributed by atoms with van der Waals surface area (Å²) in [6.45, 7) is 1.88. The third kappa shape index (κ3) is 2.42. The van der Waals surface area contributed by atoms with Gasteiger partial charge in [-0.2, -0.15) is 5.10 Å². The van der Waals surface area contributed by atoms with Gasteiger partial charge in [-0.15, -0.1) is 0 Å². The van der Waals surface area contributed by atoms with Crippen LogP contribution < -0.4 is 0 Å². The monoisotopic (exact) mass is 295 g/mol. The quantitative estimate of drug-likeness (QED) is 0.569. The van der Waals surface area contributed by atoms with E-state index >= 15 is 0 Å². The van der Waals surface area contributed by atoms with Crippen LogP contribution in [0.2, 0.25) is 0 Å². The second kappa shape index (κ2) is 5.33. The number of nitro groups is 1. The minimum atomic E-state index is -0.431. The lowest BCUT2D eigenvalue weighted by Crippen LogP contribution is -1.91. The Morgan fingerprint density at radius 3 is 2.64 bits per heavy atom. The summed E-state index contributed by atoms with van der Waals surface area (Å²) >= 11 is 0. The molecule has 0 saturated heterocycles. The van der Waals surface area contributed by atoms with Crippen molar-refractivity contribution in [2.45, 2.75) is 6.92 Å². The third-order valence-electron chi connectivity index (χ3n) is 3.40. The molecule has 0 fully saturated rings. The van der Waals surface area contributed by atoms with Crippen LogP contribution in [0.1, 0.15) is 5.56 Å². The number of nitrogens with zero attached hydrogens (tertiary/aromatic N) is 2. The van der Waals surface area contributed by atoms with Gasteiger partial charge < -0.3 is 5.11 Å². The van der Waals surface area contributed by atoms with E-state index in [-0.39, 0.29) is 11.4 Å². The maximum atomic E-state index is 11.1. The fraction of sp³-hybridized carbons (Fsp3) is 0.0625. The number of phenols is 1. The molecule has 0 amide bonds. The summed E-state index contributed by atoms with van der Waals surface area (Å²) in [6, 6.07) is 13.4. The van der Waals surface area contributed by atoms with Crippen molar-refractivity contribution in [3.63, 3.8) is 0 Å². The summed E-state index contributed by atoms with van der Waals surface area (Å²) in [5.41, 5.74) is 3.04. The van der Waals surface area contributed by atoms with Gasteiger partial charge in [0.1, 0.15) is 5.75 Å². The fourth-order valence-electron chi connectivity index (χ4n) is 2.32. The molecule has 3 aromatic rings. The van der Waals surface area contributed by atoms with E-state index in [4.69, 9.17) is 0 Å². The number of aryl methyl sites for hydroxylation is 1. The molecule has 0 radical (unpaired) electrons. The van der Waals surface area contributed by atoms with E-state index < -0.39 is 4.92 Å². The van der Waals surface area contributed by atoms with Crippen LogP contribution in [-0.4, -0.2) is 20.2 Å². The lowest BCUT2D eigenvalue weighted by atomic mass is 10.1. The number of phenolic OH excluding ortho intramolecular Hbond substituents is 1. The molecular formula is C16H13N3O3. The Labute approximate surface area is 126 Å². The molecule has 1 aromatic heterocycles. The van der Waals surface area contributed by atoms with Gasteiger partial charge in [-0.3, -0.25) is 15.2 Å². The minimum Gasteiger partial charge on any atom is -0.507 e. The number of aromatic amines is 1. The highest BCUT2D eigenvalue weighted by molar-refractivity contribution is 5.76. The van der Waals surface area contributed by atoms with Crippen LogP contribution >= 0.6 is 0 Å².